The van der Waals surface area contributed by atoms with Gasteiger partial charge in [0.15, 0.2) is 3.92 Å². The van der Waals surface area contributed by atoms with Crippen LogP contribution in [0.25, 0.3) is 0 Å². The van der Waals surface area contributed by atoms with E-state index in [0.29, 0.717) is 20.0 Å². The summed E-state index contributed by atoms with van der Waals surface area (Å²) in [5.41, 5.74) is 1.06. The molecule has 0 atom stereocenters. The number of thiazole rings is 1. The molecule has 1 amide bonds. The summed E-state index contributed by atoms with van der Waals surface area (Å²) in [6, 6.07) is 4.44. The van der Waals surface area contributed by atoms with Crippen molar-refractivity contribution in [2.45, 2.75) is 6.92 Å². The minimum absolute atomic E-state index is 0.251. The summed E-state index contributed by atoms with van der Waals surface area (Å²) in [5, 5.41) is 2.68. The SMILES string of the molecule is Cc1cc(NC(=O)c2cnc(Br)s2)ccc1F. The lowest BCUT2D eigenvalue weighted by atomic mass is 10.2. The zero-order valence-electron chi connectivity index (χ0n) is 8.83. The highest BCUT2D eigenvalue weighted by Crippen LogP contribution is 2.20. The lowest BCUT2D eigenvalue weighted by molar-refractivity contribution is 0.103. The van der Waals surface area contributed by atoms with Crippen LogP contribution >= 0.6 is 27.3 Å². The highest BCUT2D eigenvalue weighted by molar-refractivity contribution is 9.11. The van der Waals surface area contributed by atoms with E-state index in [4.69, 9.17) is 0 Å². The van der Waals surface area contributed by atoms with Crippen LogP contribution in [0.1, 0.15) is 15.2 Å². The first-order valence-corrected chi connectivity index (χ1v) is 6.36. The number of nitrogens with one attached hydrogen (secondary N) is 1. The smallest absolute Gasteiger partial charge is 0.267 e. The maximum Gasteiger partial charge on any atom is 0.267 e. The number of amides is 1. The molecule has 0 radical (unpaired) electrons. The monoisotopic (exact) mass is 314 g/mol. The van der Waals surface area contributed by atoms with E-state index in [2.05, 4.69) is 26.2 Å². The van der Waals surface area contributed by atoms with Gasteiger partial charge in [-0.2, -0.15) is 0 Å². The fourth-order valence-electron chi connectivity index (χ4n) is 1.27. The van der Waals surface area contributed by atoms with Crippen molar-refractivity contribution in [1.82, 2.24) is 4.98 Å². The minimum atomic E-state index is -0.288. The van der Waals surface area contributed by atoms with Crippen LogP contribution in [0.5, 0.6) is 0 Å². The molecule has 0 fully saturated rings. The lowest BCUT2D eigenvalue weighted by Gasteiger charge is -2.04. The molecule has 0 aliphatic carbocycles. The molecule has 1 aromatic carbocycles. The Morgan fingerprint density at radius 3 is 2.88 bits per heavy atom. The number of rotatable bonds is 2. The maximum atomic E-state index is 13.0. The first-order chi connectivity index (χ1) is 8.06. The Kier molecular flexibility index (Phi) is 3.54. The summed E-state index contributed by atoms with van der Waals surface area (Å²) in [7, 11) is 0. The second-order valence-electron chi connectivity index (χ2n) is 3.40. The van der Waals surface area contributed by atoms with Crippen LogP contribution in [0, 0.1) is 12.7 Å². The number of benzene rings is 1. The summed E-state index contributed by atoms with van der Waals surface area (Å²) < 4.78 is 13.7. The average Bonchev–Trinajstić information content (AvgIpc) is 2.70. The van der Waals surface area contributed by atoms with Gasteiger partial charge >= 0.3 is 0 Å². The minimum Gasteiger partial charge on any atom is -0.321 e. The Labute approximate surface area is 110 Å². The van der Waals surface area contributed by atoms with Gasteiger partial charge in [0.2, 0.25) is 0 Å². The number of carbonyl (C=O) groups is 1. The fraction of sp³-hybridized carbons (Fsp3) is 0.0909. The van der Waals surface area contributed by atoms with Gasteiger partial charge in [0.25, 0.3) is 5.91 Å². The fourth-order valence-corrected chi connectivity index (χ4v) is 2.43. The van der Waals surface area contributed by atoms with E-state index in [1.54, 1.807) is 13.0 Å². The Balaban J connectivity index is 2.15. The molecule has 17 heavy (non-hydrogen) atoms. The van der Waals surface area contributed by atoms with Gasteiger partial charge in [0, 0.05) is 5.69 Å². The molecule has 3 nitrogen and oxygen atoms in total. The summed E-state index contributed by atoms with van der Waals surface area (Å²) in [4.78, 5) is 16.2. The van der Waals surface area contributed by atoms with Crippen molar-refractivity contribution in [3.05, 3.63) is 44.6 Å². The zero-order chi connectivity index (χ0) is 12.4. The van der Waals surface area contributed by atoms with Crippen LogP contribution in [0.3, 0.4) is 0 Å². The van der Waals surface area contributed by atoms with Gasteiger partial charge in [-0.25, -0.2) is 9.37 Å². The van der Waals surface area contributed by atoms with Gasteiger partial charge < -0.3 is 5.32 Å². The lowest BCUT2D eigenvalue weighted by Crippen LogP contribution is -2.10. The van der Waals surface area contributed by atoms with Crippen molar-refractivity contribution in [3.63, 3.8) is 0 Å². The molecular formula is C11H8BrFN2OS. The molecule has 0 aliphatic rings. The van der Waals surface area contributed by atoms with Crippen molar-refractivity contribution in [3.8, 4) is 0 Å². The molecule has 0 aliphatic heterocycles. The highest BCUT2D eigenvalue weighted by Gasteiger charge is 2.10. The topological polar surface area (TPSA) is 42.0 Å². The molecule has 1 heterocycles. The van der Waals surface area contributed by atoms with E-state index in [-0.39, 0.29) is 11.7 Å². The predicted molar refractivity (Wildman–Crippen MR) is 68.9 cm³/mol. The van der Waals surface area contributed by atoms with E-state index in [0.717, 1.165) is 0 Å². The molecule has 1 aromatic heterocycles. The van der Waals surface area contributed by atoms with Crippen molar-refractivity contribution in [2.75, 3.05) is 5.32 Å². The van der Waals surface area contributed by atoms with Crippen molar-refractivity contribution in [1.29, 1.82) is 0 Å². The van der Waals surface area contributed by atoms with E-state index in [1.165, 1.54) is 29.7 Å². The van der Waals surface area contributed by atoms with Gasteiger partial charge in [-0.15, -0.1) is 11.3 Å². The second kappa shape index (κ2) is 4.93. The number of halogens is 2. The van der Waals surface area contributed by atoms with E-state index < -0.39 is 0 Å². The Bertz CT molecular complexity index is 570. The van der Waals surface area contributed by atoms with Gasteiger partial charge in [-0.3, -0.25) is 4.79 Å². The number of hydrogen-bond acceptors (Lipinski definition) is 3. The summed E-state index contributed by atoms with van der Waals surface area (Å²) in [6.07, 6.45) is 1.49. The maximum absolute atomic E-state index is 13.0. The van der Waals surface area contributed by atoms with Gasteiger partial charge in [0.05, 0.1) is 6.20 Å². The number of aryl methyl sites for hydroxylation is 1. The van der Waals surface area contributed by atoms with Gasteiger partial charge in [-0.05, 0) is 46.6 Å². The van der Waals surface area contributed by atoms with Gasteiger partial charge in [-0.1, -0.05) is 0 Å². The largest absolute Gasteiger partial charge is 0.321 e. The molecule has 0 bridgehead atoms. The van der Waals surface area contributed by atoms with Crippen molar-refractivity contribution < 1.29 is 9.18 Å². The van der Waals surface area contributed by atoms with E-state index >= 15 is 0 Å². The average molecular weight is 315 g/mol. The summed E-state index contributed by atoms with van der Waals surface area (Å²) in [5.74, 6) is -0.539. The quantitative estimate of drug-likeness (QED) is 0.920. The molecule has 1 N–H and O–H groups in total. The van der Waals surface area contributed by atoms with Crippen LogP contribution in [-0.2, 0) is 0 Å². The number of hydrogen-bond donors (Lipinski definition) is 1. The Morgan fingerprint density at radius 2 is 2.29 bits per heavy atom. The molecule has 0 spiro atoms. The number of carbonyl (C=O) groups excluding carboxylic acids is 1. The normalized spacial score (nSPS) is 10.3. The number of nitrogens with zero attached hydrogens (tertiary/aromatic N) is 1. The zero-order valence-corrected chi connectivity index (χ0v) is 11.2. The second-order valence-corrected chi connectivity index (χ2v) is 5.70. The molecule has 2 rings (SSSR count). The van der Waals surface area contributed by atoms with E-state index in [9.17, 15) is 9.18 Å². The predicted octanol–water partition coefficient (Wildman–Crippen LogP) is 3.61. The molecular weight excluding hydrogens is 307 g/mol. The first-order valence-electron chi connectivity index (χ1n) is 4.75. The summed E-state index contributed by atoms with van der Waals surface area (Å²) in [6.45, 7) is 1.65. The summed E-state index contributed by atoms with van der Waals surface area (Å²) >= 11 is 4.43. The molecule has 0 unspecified atom stereocenters. The number of anilines is 1. The third-order valence-corrected chi connectivity index (χ3v) is 3.59. The van der Waals surface area contributed by atoms with Crippen LogP contribution in [-0.4, -0.2) is 10.9 Å². The molecule has 88 valence electrons. The first kappa shape index (κ1) is 12.2. The molecule has 2 aromatic rings. The third-order valence-electron chi connectivity index (χ3n) is 2.12. The van der Waals surface area contributed by atoms with Crippen LogP contribution < -0.4 is 5.32 Å². The molecule has 6 heteroatoms. The third kappa shape index (κ3) is 2.89. The molecule has 0 saturated heterocycles. The molecule has 0 saturated carbocycles. The Morgan fingerprint density at radius 1 is 1.53 bits per heavy atom. The standard InChI is InChI=1S/C11H8BrFN2OS/c1-6-4-7(2-3-8(6)13)15-10(16)9-5-14-11(12)17-9/h2-5H,1H3,(H,15,16). The Hall–Kier alpha value is -1.27. The van der Waals surface area contributed by atoms with Gasteiger partial charge in [0.1, 0.15) is 10.7 Å². The van der Waals surface area contributed by atoms with Crippen LogP contribution in [0.2, 0.25) is 0 Å². The van der Waals surface area contributed by atoms with Crippen LogP contribution in [0.4, 0.5) is 10.1 Å². The van der Waals surface area contributed by atoms with Crippen molar-refractivity contribution in [2.24, 2.45) is 0 Å². The highest BCUT2D eigenvalue weighted by atomic mass is 79.9. The van der Waals surface area contributed by atoms with Crippen LogP contribution in [0.15, 0.2) is 28.3 Å². The number of aromatic nitrogens is 1. The van der Waals surface area contributed by atoms with Crippen molar-refractivity contribution >= 4 is 38.9 Å². The van der Waals surface area contributed by atoms with E-state index in [1.807, 2.05) is 0 Å².